The van der Waals surface area contributed by atoms with Crippen molar-refractivity contribution in [1.82, 2.24) is 20.9 Å². The molecule has 8 bridgehead atoms. The van der Waals surface area contributed by atoms with Gasteiger partial charge in [-0.15, -0.1) is 0 Å². The first-order chi connectivity index (χ1) is 24.4. The van der Waals surface area contributed by atoms with Gasteiger partial charge in [0.2, 0.25) is 0 Å². The number of carbonyl (C=O) groups is 2. The first-order valence-corrected chi connectivity index (χ1v) is 19.0. The largest absolute Gasteiger partial charge is 0.511 e. The summed E-state index contributed by atoms with van der Waals surface area (Å²) in [6, 6.07) is -0.120. The molecule has 0 spiro atoms. The minimum Gasteiger partial charge on any atom is -0.511 e. The fourth-order valence-corrected chi connectivity index (χ4v) is 9.63. The summed E-state index contributed by atoms with van der Waals surface area (Å²) in [4.78, 5) is 30.4. The van der Waals surface area contributed by atoms with E-state index in [1.54, 1.807) is 0 Å². The normalized spacial score (nSPS) is 32.6. The smallest absolute Gasteiger partial charge is 0.320 e. The highest BCUT2D eigenvalue weighted by atomic mass is 16.5. The maximum atomic E-state index is 13.6. The van der Waals surface area contributed by atoms with Crippen molar-refractivity contribution in [3.63, 3.8) is 0 Å². The van der Waals surface area contributed by atoms with E-state index in [9.17, 15) is 14.7 Å². The van der Waals surface area contributed by atoms with Crippen LogP contribution in [0.1, 0.15) is 91.2 Å². The number of ether oxygens (including phenoxy) is 2. The predicted molar refractivity (Wildman–Crippen MR) is 202 cm³/mol. The van der Waals surface area contributed by atoms with E-state index < -0.39 is 11.9 Å². The van der Waals surface area contributed by atoms with Crippen LogP contribution in [0.4, 0.5) is 0 Å². The Morgan fingerprint density at radius 1 is 1.10 bits per heavy atom. The lowest BCUT2D eigenvalue weighted by molar-refractivity contribution is -0.144. The molecule has 51 heavy (non-hydrogen) atoms. The first kappa shape index (κ1) is 36.8. The van der Waals surface area contributed by atoms with E-state index in [-0.39, 0.29) is 66.7 Å². The number of methoxy groups -OCH3 is 1. The molecule has 5 aliphatic rings. The van der Waals surface area contributed by atoms with Crippen molar-refractivity contribution in [1.29, 1.82) is 0 Å². The van der Waals surface area contributed by atoms with Crippen molar-refractivity contribution in [3.05, 3.63) is 73.9 Å². The molecule has 276 valence electrons. The standard InChI is InChI=1S/C42H58N4O5/c1-10-13-21(4)16-17-51-35(47)15-14-28-24(7)31-18-29-22(5)26(11-2)33(43-29)19-30-23(6)27(12-3)34(44-30)20-32-25(8)36-40(46-32)37(39(28)45-31)38(41(36)48)42(49)50-9/h11,16,18-19,24-25,27-28,31-32,34,38-39,43-46,48H,2,10,12-15,17,20H2,1,3-9H3/b21-16-,29-18-,33-19-/t24-,25?,27?,28-,31?,32?,34?,38+,39?/m0/s1. The van der Waals surface area contributed by atoms with Gasteiger partial charge in [-0.2, -0.15) is 0 Å². The van der Waals surface area contributed by atoms with Crippen LogP contribution in [0.2, 0.25) is 0 Å². The molecule has 0 amide bonds. The minimum atomic E-state index is -0.913. The Kier molecular flexibility index (Phi) is 10.8. The first-order valence-electron chi connectivity index (χ1n) is 19.0. The highest BCUT2D eigenvalue weighted by Crippen LogP contribution is 2.50. The number of hydrogen-bond acceptors (Lipinski definition) is 8. The monoisotopic (exact) mass is 698 g/mol. The molecule has 1 aromatic rings. The van der Waals surface area contributed by atoms with Gasteiger partial charge in [-0.25, -0.2) is 0 Å². The van der Waals surface area contributed by atoms with Gasteiger partial charge in [-0.05, 0) is 93.2 Å². The molecule has 1 aliphatic carbocycles. The van der Waals surface area contributed by atoms with Gasteiger partial charge >= 0.3 is 11.9 Å². The summed E-state index contributed by atoms with van der Waals surface area (Å²) in [6.45, 7) is 19.6. The lowest BCUT2D eigenvalue weighted by atomic mass is 9.79. The van der Waals surface area contributed by atoms with Crippen LogP contribution in [0.15, 0.2) is 52.1 Å². The average molecular weight is 699 g/mol. The average Bonchev–Trinajstić information content (AvgIpc) is 3.84. The van der Waals surface area contributed by atoms with Gasteiger partial charge in [0.15, 0.2) is 0 Å². The molecule has 0 radical (unpaired) electrons. The number of hydrogen-bond donors (Lipinski definition) is 5. The Labute approximate surface area is 303 Å². The van der Waals surface area contributed by atoms with Crippen molar-refractivity contribution in [2.24, 2.45) is 29.6 Å². The number of nitrogens with one attached hydrogen (secondary N) is 4. The molecule has 0 aromatic carbocycles. The summed E-state index contributed by atoms with van der Waals surface area (Å²) in [6.07, 6.45) is 13.1. The molecule has 5 N–H and O–H groups in total. The van der Waals surface area contributed by atoms with Gasteiger partial charge in [0.05, 0.1) is 7.11 Å². The van der Waals surface area contributed by atoms with Crippen LogP contribution in [0.5, 0.6) is 0 Å². The number of H-pyrrole nitrogens is 1. The number of fused-ring (bicyclic) bond motifs is 8. The van der Waals surface area contributed by atoms with Crippen LogP contribution in [-0.2, 0) is 19.1 Å². The number of rotatable bonds is 10. The topological polar surface area (TPSA) is 125 Å². The summed E-state index contributed by atoms with van der Waals surface area (Å²) < 4.78 is 11.0. The van der Waals surface area contributed by atoms with Crippen LogP contribution in [-0.4, -0.2) is 59.9 Å². The van der Waals surface area contributed by atoms with Gasteiger partial charge in [0.1, 0.15) is 18.3 Å². The van der Waals surface area contributed by atoms with Crippen LogP contribution in [0.25, 0.3) is 18.2 Å². The van der Waals surface area contributed by atoms with E-state index in [0.717, 1.165) is 70.0 Å². The summed E-state index contributed by atoms with van der Waals surface area (Å²) in [5.41, 5.74) is 8.40. The maximum absolute atomic E-state index is 13.6. The van der Waals surface area contributed by atoms with Crippen LogP contribution in [0.3, 0.4) is 0 Å². The number of esters is 2. The number of carbonyl (C=O) groups excluding carboxylic acids is 2. The summed E-state index contributed by atoms with van der Waals surface area (Å²) in [5.74, 6) is -1.13. The SMILES string of the molecule is C=Cc1c(C)/c2[nH]/c1=C\C1=C(C)C(CC)C(CC3NC4=C(C5NC(\C=2)[C@@H](C)[C@@H]5CCC(=O)OC/C=C(/C)CCC)[C@@H](C(=O)OC)C(O)=C4C3C)N1. The molecule has 2 saturated heterocycles. The molecular weight excluding hydrogens is 640 g/mol. The Hall–Kier alpha value is -3.98. The molecule has 5 heterocycles. The van der Waals surface area contributed by atoms with Gasteiger partial charge in [0, 0.05) is 75.7 Å². The molecule has 9 atom stereocenters. The van der Waals surface area contributed by atoms with Crippen molar-refractivity contribution in [2.45, 2.75) is 111 Å². The van der Waals surface area contributed by atoms with Crippen LogP contribution < -0.4 is 26.6 Å². The number of aromatic nitrogens is 1. The van der Waals surface area contributed by atoms with E-state index in [0.29, 0.717) is 12.3 Å². The molecular formula is C42H58N4O5. The lowest BCUT2D eigenvalue weighted by Crippen LogP contribution is -2.41. The zero-order chi connectivity index (χ0) is 36.7. The van der Waals surface area contributed by atoms with Gasteiger partial charge in [-0.1, -0.05) is 52.3 Å². The van der Waals surface area contributed by atoms with Gasteiger partial charge < -0.3 is 35.5 Å². The zero-order valence-corrected chi connectivity index (χ0v) is 31.7. The van der Waals surface area contributed by atoms with Crippen molar-refractivity contribution in [2.75, 3.05) is 13.7 Å². The Bertz CT molecular complexity index is 1830. The molecule has 4 aliphatic heterocycles. The summed E-state index contributed by atoms with van der Waals surface area (Å²) in [5, 5.41) is 25.6. The van der Waals surface area contributed by atoms with E-state index >= 15 is 0 Å². The number of aliphatic hydroxyl groups excluding tert-OH is 1. The maximum Gasteiger partial charge on any atom is 0.320 e. The number of allylic oxidation sites excluding steroid dienone is 3. The molecule has 9 heteroatoms. The number of aliphatic hydroxyl groups is 1. The molecule has 2 fully saturated rings. The van der Waals surface area contributed by atoms with Crippen LogP contribution >= 0.6 is 0 Å². The third-order valence-electron chi connectivity index (χ3n) is 12.6. The van der Waals surface area contributed by atoms with E-state index in [1.807, 2.05) is 12.2 Å². The quantitative estimate of drug-likeness (QED) is 0.164. The van der Waals surface area contributed by atoms with Crippen molar-refractivity contribution in [3.8, 4) is 0 Å². The molecule has 0 saturated carbocycles. The second-order valence-corrected chi connectivity index (χ2v) is 15.4. The Balaban J connectivity index is 1.45. The van der Waals surface area contributed by atoms with Gasteiger partial charge in [-0.3, -0.25) is 9.59 Å². The second kappa shape index (κ2) is 14.9. The highest BCUT2D eigenvalue weighted by molar-refractivity contribution is 5.83. The predicted octanol–water partition coefficient (Wildman–Crippen LogP) is 5.34. The minimum absolute atomic E-state index is 0.0209. The van der Waals surface area contributed by atoms with Gasteiger partial charge in [0.25, 0.3) is 0 Å². The van der Waals surface area contributed by atoms with E-state index in [2.05, 4.69) is 88.1 Å². The summed E-state index contributed by atoms with van der Waals surface area (Å²) in [7, 11) is 1.38. The van der Waals surface area contributed by atoms with Crippen molar-refractivity contribution < 1.29 is 24.2 Å². The summed E-state index contributed by atoms with van der Waals surface area (Å²) >= 11 is 0. The third kappa shape index (κ3) is 6.62. The lowest BCUT2D eigenvalue weighted by Gasteiger charge is -2.29. The molecule has 1 aromatic heterocycles. The second-order valence-electron chi connectivity index (χ2n) is 15.4. The fourth-order valence-electron chi connectivity index (χ4n) is 9.63. The Morgan fingerprint density at radius 2 is 1.86 bits per heavy atom. The Morgan fingerprint density at radius 3 is 2.55 bits per heavy atom. The van der Waals surface area contributed by atoms with Crippen molar-refractivity contribution >= 4 is 30.2 Å². The van der Waals surface area contributed by atoms with E-state index in [1.165, 1.54) is 18.3 Å². The molecule has 6 unspecified atom stereocenters. The fraction of sp³-hybridized carbons (Fsp3) is 0.571. The number of aromatic amines is 1. The highest BCUT2D eigenvalue weighted by Gasteiger charge is 2.53. The molecule has 9 nitrogen and oxygen atoms in total. The molecule has 6 rings (SSSR count). The van der Waals surface area contributed by atoms with E-state index in [4.69, 9.17) is 9.47 Å². The van der Waals surface area contributed by atoms with Crippen LogP contribution in [0, 0.1) is 36.5 Å². The zero-order valence-electron chi connectivity index (χ0n) is 31.7. The third-order valence-corrected chi connectivity index (χ3v) is 12.6.